The first-order valence-electron chi connectivity index (χ1n) is 5.66. The van der Waals surface area contributed by atoms with Crippen LogP contribution in [0.15, 0.2) is 48.5 Å². The zero-order valence-electron chi connectivity index (χ0n) is 10.0. The van der Waals surface area contributed by atoms with E-state index in [1.807, 2.05) is 0 Å². The quantitative estimate of drug-likeness (QED) is 0.788. The number of phenolic OH excluding ortho intramolecular Hbond substituents is 1. The smallest absolute Gasteiger partial charge is 0.244 e. The second kappa shape index (κ2) is 5.39. The number of hydrogen-bond donors (Lipinski definition) is 3. The first-order chi connectivity index (χ1) is 9.06. The highest BCUT2D eigenvalue weighted by Gasteiger charge is 2.17. The molecule has 0 saturated carbocycles. The summed E-state index contributed by atoms with van der Waals surface area (Å²) in [4.78, 5) is 11.5. The Labute approximate surface area is 109 Å². The molecule has 2 aromatic rings. The molecule has 0 aromatic heterocycles. The molecule has 4 N–H and O–H groups in total. The van der Waals surface area contributed by atoms with Gasteiger partial charge in [-0.15, -0.1) is 0 Å². The number of halogens is 1. The van der Waals surface area contributed by atoms with Crippen molar-refractivity contribution in [2.75, 3.05) is 5.32 Å². The van der Waals surface area contributed by atoms with Crippen LogP contribution in [0.5, 0.6) is 5.75 Å². The van der Waals surface area contributed by atoms with Crippen molar-refractivity contribution in [3.8, 4) is 5.75 Å². The number of amides is 1. The molecule has 0 aliphatic rings. The van der Waals surface area contributed by atoms with Gasteiger partial charge in [0.15, 0.2) is 0 Å². The molecule has 4 nitrogen and oxygen atoms in total. The molecule has 0 heterocycles. The van der Waals surface area contributed by atoms with Crippen molar-refractivity contribution in [1.29, 1.82) is 0 Å². The number of carbonyl (C=O) groups excluding carboxylic acids is 1. The van der Waals surface area contributed by atoms with Gasteiger partial charge in [0.05, 0.1) is 0 Å². The van der Waals surface area contributed by atoms with E-state index in [2.05, 4.69) is 5.32 Å². The molecule has 19 heavy (non-hydrogen) atoms. The molecule has 0 radical (unpaired) electrons. The number of primary amides is 1. The lowest BCUT2D eigenvalue weighted by molar-refractivity contribution is -0.118. The minimum atomic E-state index is -0.789. The minimum absolute atomic E-state index is 0.0951. The van der Waals surface area contributed by atoms with Crippen LogP contribution in [0.25, 0.3) is 0 Å². The zero-order chi connectivity index (χ0) is 13.8. The number of benzene rings is 2. The summed E-state index contributed by atoms with van der Waals surface area (Å²) in [6.45, 7) is 0. The van der Waals surface area contributed by atoms with E-state index in [9.17, 15) is 14.3 Å². The molecule has 1 atom stereocenters. The van der Waals surface area contributed by atoms with Crippen LogP contribution >= 0.6 is 0 Å². The summed E-state index contributed by atoms with van der Waals surface area (Å²) in [5.41, 5.74) is 6.38. The summed E-state index contributed by atoms with van der Waals surface area (Å²) in [5.74, 6) is -0.897. The Balaban J connectivity index is 2.26. The Kier molecular flexibility index (Phi) is 3.66. The highest BCUT2D eigenvalue weighted by atomic mass is 19.1. The van der Waals surface area contributed by atoms with Gasteiger partial charge in [0, 0.05) is 5.69 Å². The number of rotatable bonds is 4. The normalized spacial score (nSPS) is 11.8. The van der Waals surface area contributed by atoms with Crippen molar-refractivity contribution < 1.29 is 14.3 Å². The van der Waals surface area contributed by atoms with E-state index in [1.165, 1.54) is 30.3 Å². The standard InChI is InChI=1S/C14H13FN2O2/c15-10-2-1-3-11(8-10)17-13(14(16)19)9-4-6-12(18)7-5-9/h1-8,13,17-18H,(H2,16,19). The maximum Gasteiger partial charge on any atom is 0.244 e. The number of anilines is 1. The SMILES string of the molecule is NC(=O)C(Nc1cccc(F)c1)c1ccc(O)cc1. The molecule has 98 valence electrons. The number of phenols is 1. The second-order valence-corrected chi connectivity index (χ2v) is 4.08. The third-order valence-corrected chi connectivity index (χ3v) is 2.65. The molecular weight excluding hydrogens is 247 g/mol. The number of nitrogens with two attached hydrogens (primary N) is 1. The highest BCUT2D eigenvalue weighted by Crippen LogP contribution is 2.21. The van der Waals surface area contributed by atoms with Crippen LogP contribution in [0.3, 0.4) is 0 Å². The summed E-state index contributed by atoms with van der Waals surface area (Å²) in [6, 6.07) is 11.0. The van der Waals surface area contributed by atoms with E-state index in [4.69, 9.17) is 5.73 Å². The van der Waals surface area contributed by atoms with Gasteiger partial charge in [-0.1, -0.05) is 18.2 Å². The van der Waals surface area contributed by atoms with Crippen LogP contribution in [-0.4, -0.2) is 11.0 Å². The van der Waals surface area contributed by atoms with Gasteiger partial charge in [-0.3, -0.25) is 4.79 Å². The first-order valence-corrected chi connectivity index (χ1v) is 5.66. The maximum absolute atomic E-state index is 13.1. The van der Waals surface area contributed by atoms with Crippen molar-refractivity contribution in [2.45, 2.75) is 6.04 Å². The van der Waals surface area contributed by atoms with Crippen molar-refractivity contribution in [3.05, 3.63) is 59.9 Å². The molecule has 1 amide bonds. The summed E-state index contributed by atoms with van der Waals surface area (Å²) in [5, 5.41) is 12.1. The van der Waals surface area contributed by atoms with Gasteiger partial charge in [-0.05, 0) is 35.9 Å². The number of hydrogen-bond acceptors (Lipinski definition) is 3. The lowest BCUT2D eigenvalue weighted by Crippen LogP contribution is -2.27. The Hall–Kier alpha value is -2.56. The molecular formula is C14H13FN2O2. The third kappa shape index (κ3) is 3.22. The molecule has 2 rings (SSSR count). The van der Waals surface area contributed by atoms with Crippen LogP contribution in [0.4, 0.5) is 10.1 Å². The van der Waals surface area contributed by atoms with Crippen LogP contribution < -0.4 is 11.1 Å². The molecule has 5 heteroatoms. The fraction of sp³-hybridized carbons (Fsp3) is 0.0714. The Morgan fingerprint density at radius 3 is 2.47 bits per heavy atom. The average molecular weight is 260 g/mol. The number of aromatic hydroxyl groups is 1. The van der Waals surface area contributed by atoms with Crippen molar-refractivity contribution in [3.63, 3.8) is 0 Å². The Bertz CT molecular complexity index is 584. The van der Waals surface area contributed by atoms with E-state index in [0.29, 0.717) is 11.3 Å². The van der Waals surface area contributed by atoms with Crippen molar-refractivity contribution >= 4 is 11.6 Å². The number of carbonyl (C=O) groups is 1. The molecule has 0 fully saturated rings. The highest BCUT2D eigenvalue weighted by molar-refractivity contribution is 5.84. The van der Waals surface area contributed by atoms with Gasteiger partial charge < -0.3 is 16.2 Å². The summed E-state index contributed by atoms with van der Waals surface area (Å²) in [6.07, 6.45) is 0. The van der Waals surface area contributed by atoms with E-state index >= 15 is 0 Å². The third-order valence-electron chi connectivity index (χ3n) is 2.65. The fourth-order valence-electron chi connectivity index (χ4n) is 1.73. The van der Waals surface area contributed by atoms with Gasteiger partial charge in [0.25, 0.3) is 0 Å². The van der Waals surface area contributed by atoms with E-state index in [0.717, 1.165) is 0 Å². The first kappa shape index (κ1) is 12.9. The molecule has 0 spiro atoms. The Morgan fingerprint density at radius 2 is 1.89 bits per heavy atom. The predicted octanol–water partition coefficient (Wildman–Crippen LogP) is 2.17. The lowest BCUT2D eigenvalue weighted by atomic mass is 10.1. The van der Waals surface area contributed by atoms with E-state index in [-0.39, 0.29) is 5.75 Å². The van der Waals surface area contributed by atoms with Crippen LogP contribution in [-0.2, 0) is 4.79 Å². The second-order valence-electron chi connectivity index (χ2n) is 4.08. The summed E-state index contributed by atoms with van der Waals surface area (Å²) < 4.78 is 13.1. The predicted molar refractivity (Wildman–Crippen MR) is 70.1 cm³/mol. The topological polar surface area (TPSA) is 75.4 Å². The van der Waals surface area contributed by atoms with E-state index in [1.54, 1.807) is 18.2 Å². The van der Waals surface area contributed by atoms with Crippen LogP contribution in [0, 0.1) is 5.82 Å². The number of nitrogens with one attached hydrogen (secondary N) is 1. The lowest BCUT2D eigenvalue weighted by Gasteiger charge is -2.17. The average Bonchev–Trinajstić information content (AvgIpc) is 2.37. The van der Waals surface area contributed by atoms with Gasteiger partial charge >= 0.3 is 0 Å². The summed E-state index contributed by atoms with van der Waals surface area (Å²) >= 11 is 0. The van der Waals surface area contributed by atoms with Crippen LogP contribution in [0.1, 0.15) is 11.6 Å². The maximum atomic E-state index is 13.1. The Morgan fingerprint density at radius 1 is 1.21 bits per heavy atom. The fourth-order valence-corrected chi connectivity index (χ4v) is 1.73. The monoisotopic (exact) mass is 260 g/mol. The van der Waals surface area contributed by atoms with E-state index < -0.39 is 17.8 Å². The molecule has 2 aromatic carbocycles. The largest absolute Gasteiger partial charge is 0.508 e. The molecule has 1 unspecified atom stereocenters. The van der Waals surface area contributed by atoms with Crippen molar-refractivity contribution in [2.24, 2.45) is 5.73 Å². The molecule has 0 aliphatic heterocycles. The van der Waals surface area contributed by atoms with Gasteiger partial charge in [-0.2, -0.15) is 0 Å². The van der Waals surface area contributed by atoms with Crippen LogP contribution in [0.2, 0.25) is 0 Å². The van der Waals surface area contributed by atoms with Gasteiger partial charge in [0.1, 0.15) is 17.6 Å². The molecule has 0 saturated heterocycles. The van der Waals surface area contributed by atoms with Crippen molar-refractivity contribution in [1.82, 2.24) is 0 Å². The molecule has 0 aliphatic carbocycles. The minimum Gasteiger partial charge on any atom is -0.508 e. The molecule has 0 bridgehead atoms. The van der Waals surface area contributed by atoms with Gasteiger partial charge in [-0.25, -0.2) is 4.39 Å². The van der Waals surface area contributed by atoms with Gasteiger partial charge in [0.2, 0.25) is 5.91 Å². The summed E-state index contributed by atoms with van der Waals surface area (Å²) in [7, 11) is 0. The zero-order valence-corrected chi connectivity index (χ0v) is 10.0.